The van der Waals surface area contributed by atoms with E-state index >= 15 is 0 Å². The van der Waals surface area contributed by atoms with E-state index in [0.29, 0.717) is 5.82 Å². The summed E-state index contributed by atoms with van der Waals surface area (Å²) in [5, 5.41) is 9.01. The highest BCUT2D eigenvalue weighted by molar-refractivity contribution is 7.89. The zero-order valence-electron chi connectivity index (χ0n) is 10.6. The molecule has 9 heteroatoms. The minimum absolute atomic E-state index is 0.0907. The van der Waals surface area contributed by atoms with Gasteiger partial charge in [-0.2, -0.15) is 4.72 Å². The highest BCUT2D eigenvalue weighted by atomic mass is 32.2. The number of hydrogen-bond donors (Lipinski definition) is 2. The molecule has 1 saturated heterocycles. The normalized spacial score (nSPS) is 23.7. The molecule has 0 bridgehead atoms. The molecule has 0 amide bonds. The third-order valence-corrected chi connectivity index (χ3v) is 4.53. The molecule has 1 aromatic rings. The lowest BCUT2D eigenvalue weighted by atomic mass is 10.0. The molecule has 1 aliphatic rings. The van der Waals surface area contributed by atoms with Crippen molar-refractivity contribution in [2.24, 2.45) is 7.05 Å². The quantitative estimate of drug-likeness (QED) is 0.754. The number of ether oxygens (including phenoxy) is 1. The Bertz CT molecular complexity index is 581. The van der Waals surface area contributed by atoms with Gasteiger partial charge in [-0.25, -0.2) is 13.4 Å². The number of aliphatic carboxylic acids is 1. The van der Waals surface area contributed by atoms with E-state index < -0.39 is 21.5 Å². The van der Waals surface area contributed by atoms with Gasteiger partial charge in [-0.05, 0) is 6.92 Å². The summed E-state index contributed by atoms with van der Waals surface area (Å²) in [5.74, 6) is -0.728. The number of sulfonamides is 1. The van der Waals surface area contributed by atoms with Gasteiger partial charge in [0.25, 0.3) is 10.0 Å². The van der Waals surface area contributed by atoms with E-state index in [2.05, 4.69) is 9.71 Å². The first-order valence-corrected chi connectivity index (χ1v) is 7.10. The van der Waals surface area contributed by atoms with Crippen LogP contribution in [0.15, 0.2) is 11.2 Å². The molecule has 2 heterocycles. The fourth-order valence-electron chi connectivity index (χ4n) is 1.82. The van der Waals surface area contributed by atoms with Crippen molar-refractivity contribution in [2.75, 3.05) is 13.2 Å². The molecule has 2 rings (SSSR count). The van der Waals surface area contributed by atoms with Crippen molar-refractivity contribution in [2.45, 2.75) is 23.9 Å². The van der Waals surface area contributed by atoms with Crippen LogP contribution >= 0.6 is 0 Å². The second kappa shape index (κ2) is 4.58. The summed E-state index contributed by atoms with van der Waals surface area (Å²) in [6, 6.07) is 0. The largest absolute Gasteiger partial charge is 0.480 e. The van der Waals surface area contributed by atoms with Crippen molar-refractivity contribution in [1.29, 1.82) is 0 Å². The smallest absolute Gasteiger partial charge is 0.327 e. The van der Waals surface area contributed by atoms with Crippen LogP contribution in [0.5, 0.6) is 0 Å². The van der Waals surface area contributed by atoms with Gasteiger partial charge in [-0.1, -0.05) is 0 Å². The summed E-state index contributed by atoms with van der Waals surface area (Å²) in [7, 11) is -2.33. The van der Waals surface area contributed by atoms with Crippen molar-refractivity contribution < 1.29 is 23.1 Å². The van der Waals surface area contributed by atoms with Crippen LogP contribution in [-0.2, 0) is 26.6 Å². The molecule has 8 nitrogen and oxygen atoms in total. The molecule has 0 radical (unpaired) electrons. The van der Waals surface area contributed by atoms with Gasteiger partial charge >= 0.3 is 5.97 Å². The van der Waals surface area contributed by atoms with Crippen molar-refractivity contribution in [3.8, 4) is 0 Å². The molecule has 19 heavy (non-hydrogen) atoms. The predicted octanol–water partition coefficient (Wildman–Crippen LogP) is -0.749. The maximum absolute atomic E-state index is 12.2. The lowest BCUT2D eigenvalue weighted by molar-refractivity contribution is -0.144. The van der Waals surface area contributed by atoms with E-state index in [4.69, 9.17) is 4.74 Å². The zero-order valence-corrected chi connectivity index (χ0v) is 11.4. The standard InChI is InChI=1S/C10H15N3O5S/c1-7-11-8(5-13(7)2)19(16,17)12-10(9(14)15)3-4-18-6-10/h5,12H,3-4,6H2,1-2H3,(H,14,15). The number of carboxylic acids is 1. The Hall–Kier alpha value is -1.45. The summed E-state index contributed by atoms with van der Waals surface area (Å²) in [6.07, 6.45) is 1.43. The first-order chi connectivity index (χ1) is 8.77. The number of aromatic nitrogens is 2. The molecule has 0 aliphatic carbocycles. The molecule has 2 N–H and O–H groups in total. The molecule has 1 atom stereocenters. The number of rotatable bonds is 4. The molecule has 1 fully saturated rings. The van der Waals surface area contributed by atoms with E-state index in [0.717, 1.165) is 0 Å². The third kappa shape index (κ3) is 2.48. The summed E-state index contributed by atoms with van der Waals surface area (Å²) in [4.78, 5) is 15.2. The minimum atomic E-state index is -3.99. The number of hydrogen-bond acceptors (Lipinski definition) is 5. The molecule has 106 valence electrons. The molecule has 0 aromatic carbocycles. The van der Waals surface area contributed by atoms with Crippen molar-refractivity contribution >= 4 is 16.0 Å². The van der Waals surface area contributed by atoms with Crippen LogP contribution in [0.4, 0.5) is 0 Å². The predicted molar refractivity (Wildman–Crippen MR) is 64.1 cm³/mol. The monoisotopic (exact) mass is 289 g/mol. The molecule has 1 aliphatic heterocycles. The van der Waals surface area contributed by atoms with Crippen LogP contribution < -0.4 is 4.72 Å². The Balaban J connectivity index is 2.33. The van der Waals surface area contributed by atoms with Crippen LogP contribution in [-0.4, -0.2) is 47.8 Å². The van der Waals surface area contributed by atoms with Crippen LogP contribution in [0, 0.1) is 6.92 Å². The number of imidazole rings is 1. The first kappa shape index (κ1) is 14.0. The van der Waals surface area contributed by atoms with Crippen molar-refractivity contribution in [1.82, 2.24) is 14.3 Å². The summed E-state index contributed by atoms with van der Waals surface area (Å²) in [5.41, 5.74) is -1.61. The maximum atomic E-state index is 12.2. The SMILES string of the molecule is Cc1nc(S(=O)(=O)NC2(C(=O)O)CCOC2)cn1C. The minimum Gasteiger partial charge on any atom is -0.480 e. The number of nitrogens with one attached hydrogen (secondary N) is 1. The van der Waals surface area contributed by atoms with Crippen LogP contribution in [0.1, 0.15) is 12.2 Å². The van der Waals surface area contributed by atoms with Crippen molar-refractivity contribution in [3.05, 3.63) is 12.0 Å². The molecule has 0 saturated carbocycles. The van der Waals surface area contributed by atoms with Gasteiger partial charge in [0, 0.05) is 26.3 Å². The lowest BCUT2D eigenvalue weighted by Crippen LogP contribution is -2.55. The summed E-state index contributed by atoms with van der Waals surface area (Å²) >= 11 is 0. The zero-order chi connectivity index (χ0) is 14.3. The Morgan fingerprint density at radius 3 is 2.74 bits per heavy atom. The summed E-state index contributed by atoms with van der Waals surface area (Å²) < 4.78 is 33.1. The second-order valence-electron chi connectivity index (χ2n) is 4.53. The average molecular weight is 289 g/mol. The Morgan fingerprint density at radius 1 is 1.63 bits per heavy atom. The van der Waals surface area contributed by atoms with E-state index in [9.17, 15) is 18.3 Å². The van der Waals surface area contributed by atoms with Gasteiger partial charge in [-0.15, -0.1) is 0 Å². The third-order valence-electron chi connectivity index (χ3n) is 3.12. The van der Waals surface area contributed by atoms with Crippen molar-refractivity contribution in [3.63, 3.8) is 0 Å². The van der Waals surface area contributed by atoms with Gasteiger partial charge in [0.1, 0.15) is 5.82 Å². The number of carbonyl (C=O) groups is 1. The van der Waals surface area contributed by atoms with Gasteiger partial charge in [0.2, 0.25) is 0 Å². The van der Waals surface area contributed by atoms with Gasteiger partial charge in [0.15, 0.2) is 10.6 Å². The topological polar surface area (TPSA) is 111 Å². The van der Waals surface area contributed by atoms with Crippen LogP contribution in [0.25, 0.3) is 0 Å². The van der Waals surface area contributed by atoms with Gasteiger partial charge in [-0.3, -0.25) is 4.79 Å². The second-order valence-corrected chi connectivity index (χ2v) is 6.16. The first-order valence-electron chi connectivity index (χ1n) is 5.62. The van der Waals surface area contributed by atoms with E-state index in [1.54, 1.807) is 18.5 Å². The highest BCUT2D eigenvalue weighted by Crippen LogP contribution is 2.22. The fourth-order valence-corrected chi connectivity index (χ4v) is 3.24. The summed E-state index contributed by atoms with van der Waals surface area (Å²) in [6.45, 7) is 1.67. The Morgan fingerprint density at radius 2 is 2.32 bits per heavy atom. The molecular formula is C10H15N3O5S. The van der Waals surface area contributed by atoms with Gasteiger partial charge in [0.05, 0.1) is 6.61 Å². The van der Waals surface area contributed by atoms with E-state index in [1.165, 1.54) is 6.20 Å². The number of nitrogens with zero attached hydrogens (tertiary/aromatic N) is 2. The van der Waals surface area contributed by atoms with E-state index in [1.807, 2.05) is 0 Å². The molecule has 1 unspecified atom stereocenters. The maximum Gasteiger partial charge on any atom is 0.327 e. The number of carboxylic acid groups (broad SMARTS) is 1. The lowest BCUT2D eigenvalue weighted by Gasteiger charge is -2.22. The van der Waals surface area contributed by atoms with Gasteiger partial charge < -0.3 is 14.4 Å². The fraction of sp³-hybridized carbons (Fsp3) is 0.600. The van der Waals surface area contributed by atoms with Crippen LogP contribution in [0.2, 0.25) is 0 Å². The average Bonchev–Trinajstić information content (AvgIpc) is 2.88. The Labute approximate surface area is 110 Å². The molecular weight excluding hydrogens is 274 g/mol. The van der Waals surface area contributed by atoms with Crippen LogP contribution in [0.3, 0.4) is 0 Å². The van der Waals surface area contributed by atoms with E-state index in [-0.39, 0.29) is 24.7 Å². The molecule has 0 spiro atoms. The highest BCUT2D eigenvalue weighted by Gasteiger charge is 2.46. The Kier molecular flexibility index (Phi) is 3.37. The molecule has 1 aromatic heterocycles. The number of aryl methyl sites for hydroxylation is 2.